The Bertz CT molecular complexity index is 307. The first kappa shape index (κ1) is 13.8. The fraction of sp³-hybridized carbons (Fsp3) is 0.923. The van der Waals surface area contributed by atoms with Crippen LogP contribution < -0.4 is 5.32 Å². The molecule has 2 fully saturated rings. The predicted molar refractivity (Wildman–Crippen MR) is 68.6 cm³/mol. The van der Waals surface area contributed by atoms with Crippen molar-refractivity contribution in [3.63, 3.8) is 0 Å². The molecule has 2 rings (SSSR count). The van der Waals surface area contributed by atoms with Crippen LogP contribution in [0, 0.1) is 5.41 Å². The molecule has 104 valence electrons. The van der Waals surface area contributed by atoms with E-state index in [0.717, 1.165) is 19.7 Å². The Labute approximate surface area is 108 Å². The molecule has 0 aromatic rings. The summed E-state index contributed by atoms with van der Waals surface area (Å²) in [5.41, 5.74) is -0.717. The van der Waals surface area contributed by atoms with Gasteiger partial charge in [0.1, 0.15) is 0 Å². The van der Waals surface area contributed by atoms with Gasteiger partial charge in [-0.15, -0.1) is 0 Å². The molecule has 2 aliphatic rings. The third-order valence-electron chi connectivity index (χ3n) is 3.98. The number of rotatable bonds is 5. The molecule has 0 amide bonds. The van der Waals surface area contributed by atoms with E-state index in [1.807, 2.05) is 0 Å². The number of fused-ring (bicyclic) bond motifs is 1. The molecule has 0 saturated carbocycles. The van der Waals surface area contributed by atoms with Gasteiger partial charge in [-0.1, -0.05) is 0 Å². The average molecular weight is 256 g/mol. The van der Waals surface area contributed by atoms with Gasteiger partial charge < -0.3 is 15.2 Å². The van der Waals surface area contributed by atoms with Gasteiger partial charge in [-0.05, 0) is 33.2 Å². The molecule has 0 aliphatic carbocycles. The van der Waals surface area contributed by atoms with Gasteiger partial charge in [-0.25, -0.2) is 0 Å². The Hall–Kier alpha value is -0.650. The zero-order valence-corrected chi connectivity index (χ0v) is 11.3. The topological polar surface area (TPSA) is 61.8 Å². The number of nitrogens with zero attached hydrogens (tertiary/aromatic N) is 1. The fourth-order valence-electron chi connectivity index (χ4n) is 2.63. The summed E-state index contributed by atoms with van der Waals surface area (Å²) >= 11 is 0. The minimum absolute atomic E-state index is 0.198. The van der Waals surface area contributed by atoms with E-state index in [9.17, 15) is 4.79 Å². The number of hydrogen-bond donors (Lipinski definition) is 2. The maximum absolute atomic E-state index is 11.0. The summed E-state index contributed by atoms with van der Waals surface area (Å²) in [4.78, 5) is 13.5. The predicted octanol–water partition coefficient (Wildman–Crippen LogP) is 0.550. The van der Waals surface area contributed by atoms with Crippen molar-refractivity contribution in [3.8, 4) is 0 Å². The van der Waals surface area contributed by atoms with E-state index in [1.165, 1.54) is 19.4 Å². The summed E-state index contributed by atoms with van der Waals surface area (Å²) < 4.78 is 5.82. The second-order valence-corrected chi connectivity index (χ2v) is 6.07. The molecule has 2 unspecified atom stereocenters. The number of morpholine rings is 1. The number of carboxylic acids is 1. The molecule has 0 aromatic carbocycles. The highest BCUT2D eigenvalue weighted by Gasteiger charge is 2.32. The molecule has 2 saturated heterocycles. The lowest BCUT2D eigenvalue weighted by atomic mass is 9.94. The number of nitrogens with one attached hydrogen (secondary N) is 1. The van der Waals surface area contributed by atoms with Crippen molar-refractivity contribution in [1.82, 2.24) is 10.2 Å². The molecule has 2 atom stereocenters. The van der Waals surface area contributed by atoms with Gasteiger partial charge in [0.25, 0.3) is 0 Å². The highest BCUT2D eigenvalue weighted by atomic mass is 16.5. The minimum Gasteiger partial charge on any atom is -0.481 e. The van der Waals surface area contributed by atoms with E-state index in [1.54, 1.807) is 13.8 Å². The number of carboxylic acid groups (broad SMARTS) is 1. The molecular formula is C13H24N2O3. The van der Waals surface area contributed by atoms with E-state index in [0.29, 0.717) is 12.6 Å². The van der Waals surface area contributed by atoms with Crippen molar-refractivity contribution in [2.75, 3.05) is 32.8 Å². The molecule has 2 N–H and O–H groups in total. The van der Waals surface area contributed by atoms with Crippen LogP contribution in [0.2, 0.25) is 0 Å². The fourth-order valence-corrected chi connectivity index (χ4v) is 2.63. The van der Waals surface area contributed by atoms with E-state index >= 15 is 0 Å². The second kappa shape index (κ2) is 5.55. The van der Waals surface area contributed by atoms with E-state index < -0.39 is 11.4 Å². The van der Waals surface area contributed by atoms with Gasteiger partial charge in [-0.3, -0.25) is 9.69 Å². The summed E-state index contributed by atoms with van der Waals surface area (Å²) in [6.45, 7) is 7.68. The molecule has 5 nitrogen and oxygen atoms in total. The van der Waals surface area contributed by atoms with E-state index in [-0.39, 0.29) is 6.10 Å². The van der Waals surface area contributed by atoms with Gasteiger partial charge in [0.15, 0.2) is 0 Å². The van der Waals surface area contributed by atoms with Gasteiger partial charge in [0, 0.05) is 25.7 Å². The summed E-state index contributed by atoms with van der Waals surface area (Å²) in [6, 6.07) is 0.622. The highest BCUT2D eigenvalue weighted by Crippen LogP contribution is 2.22. The third-order valence-corrected chi connectivity index (χ3v) is 3.98. The van der Waals surface area contributed by atoms with Crippen LogP contribution >= 0.6 is 0 Å². The van der Waals surface area contributed by atoms with Crippen molar-refractivity contribution in [1.29, 1.82) is 0 Å². The SMILES string of the molecule is CC(C)(CNCC1CN2CCCC2CO1)C(=O)O. The number of ether oxygens (including phenoxy) is 1. The maximum Gasteiger partial charge on any atom is 0.310 e. The van der Waals surface area contributed by atoms with Crippen LogP contribution in [-0.4, -0.2) is 60.9 Å². The molecule has 0 bridgehead atoms. The Balaban J connectivity index is 1.70. The lowest BCUT2D eigenvalue weighted by Gasteiger charge is -2.35. The summed E-state index contributed by atoms with van der Waals surface area (Å²) in [5.74, 6) is -0.765. The van der Waals surface area contributed by atoms with Crippen molar-refractivity contribution in [3.05, 3.63) is 0 Å². The van der Waals surface area contributed by atoms with Crippen molar-refractivity contribution in [2.24, 2.45) is 5.41 Å². The van der Waals surface area contributed by atoms with Gasteiger partial charge in [0.2, 0.25) is 0 Å². The Kier molecular flexibility index (Phi) is 4.25. The molecular weight excluding hydrogens is 232 g/mol. The van der Waals surface area contributed by atoms with Crippen LogP contribution in [0.3, 0.4) is 0 Å². The van der Waals surface area contributed by atoms with E-state index in [4.69, 9.17) is 9.84 Å². The molecule has 2 heterocycles. The smallest absolute Gasteiger partial charge is 0.310 e. The Morgan fingerprint density at radius 1 is 1.56 bits per heavy atom. The van der Waals surface area contributed by atoms with Crippen LogP contribution in [0.15, 0.2) is 0 Å². The first-order chi connectivity index (χ1) is 8.49. The summed E-state index contributed by atoms with van der Waals surface area (Å²) in [6.07, 6.45) is 2.73. The Morgan fingerprint density at radius 2 is 2.33 bits per heavy atom. The number of hydrogen-bond acceptors (Lipinski definition) is 4. The van der Waals surface area contributed by atoms with Crippen LogP contribution in [0.5, 0.6) is 0 Å². The standard InChI is InChI=1S/C13H24N2O3/c1-13(2,12(16)17)9-14-6-11-7-15-5-3-4-10(15)8-18-11/h10-11,14H,3-9H2,1-2H3,(H,16,17). The molecule has 5 heteroatoms. The van der Waals surface area contributed by atoms with Crippen LogP contribution in [0.4, 0.5) is 0 Å². The molecule has 18 heavy (non-hydrogen) atoms. The normalized spacial score (nSPS) is 29.2. The quantitative estimate of drug-likeness (QED) is 0.752. The lowest BCUT2D eigenvalue weighted by molar-refractivity contribution is -0.146. The monoisotopic (exact) mass is 256 g/mol. The van der Waals surface area contributed by atoms with Crippen LogP contribution in [0.1, 0.15) is 26.7 Å². The van der Waals surface area contributed by atoms with Gasteiger partial charge >= 0.3 is 5.97 Å². The minimum atomic E-state index is -0.765. The zero-order chi connectivity index (χ0) is 13.2. The van der Waals surface area contributed by atoms with Crippen LogP contribution in [-0.2, 0) is 9.53 Å². The first-order valence-corrected chi connectivity index (χ1v) is 6.79. The highest BCUT2D eigenvalue weighted by molar-refractivity contribution is 5.73. The van der Waals surface area contributed by atoms with Crippen molar-refractivity contribution >= 4 is 5.97 Å². The molecule has 0 aromatic heterocycles. The van der Waals surface area contributed by atoms with Gasteiger partial charge in [-0.2, -0.15) is 0 Å². The third kappa shape index (κ3) is 3.22. The van der Waals surface area contributed by atoms with Crippen molar-refractivity contribution in [2.45, 2.75) is 38.8 Å². The second-order valence-electron chi connectivity index (χ2n) is 6.07. The molecule has 0 radical (unpaired) electrons. The molecule has 0 spiro atoms. The lowest BCUT2D eigenvalue weighted by Crippen LogP contribution is -2.50. The van der Waals surface area contributed by atoms with E-state index in [2.05, 4.69) is 10.2 Å². The maximum atomic E-state index is 11.0. The largest absolute Gasteiger partial charge is 0.481 e. The number of aliphatic carboxylic acids is 1. The van der Waals surface area contributed by atoms with Crippen LogP contribution in [0.25, 0.3) is 0 Å². The van der Waals surface area contributed by atoms with Crippen molar-refractivity contribution < 1.29 is 14.6 Å². The summed E-state index contributed by atoms with van der Waals surface area (Å²) in [7, 11) is 0. The Morgan fingerprint density at radius 3 is 3.06 bits per heavy atom. The molecule has 2 aliphatic heterocycles. The zero-order valence-electron chi connectivity index (χ0n) is 11.3. The average Bonchev–Trinajstić information content (AvgIpc) is 2.75. The summed E-state index contributed by atoms with van der Waals surface area (Å²) in [5, 5.41) is 12.2. The van der Waals surface area contributed by atoms with Gasteiger partial charge in [0.05, 0.1) is 18.1 Å². The number of carbonyl (C=O) groups is 1. The first-order valence-electron chi connectivity index (χ1n) is 6.79.